The normalized spacial score (nSPS) is 11.6. The molecule has 1 rings (SSSR count). The van der Waals surface area contributed by atoms with Crippen LogP contribution in [0.15, 0.2) is 4.42 Å². The van der Waals surface area contributed by atoms with Crippen molar-refractivity contribution in [3.8, 4) is 0 Å². The topological polar surface area (TPSA) is 51.0 Å². The third-order valence-corrected chi connectivity index (χ3v) is 1.56. The lowest BCUT2D eigenvalue weighted by Gasteiger charge is -2.04. The molecule has 0 bridgehead atoms. The van der Waals surface area contributed by atoms with E-state index in [9.17, 15) is 8.78 Å². The van der Waals surface area contributed by atoms with Crippen molar-refractivity contribution in [1.82, 2.24) is 15.5 Å². The monoisotopic (exact) mass is 205 g/mol. The van der Waals surface area contributed by atoms with Gasteiger partial charge in [0.25, 0.3) is 5.89 Å². The Morgan fingerprint density at radius 1 is 1.36 bits per heavy atom. The van der Waals surface area contributed by atoms with Gasteiger partial charge in [-0.3, -0.25) is 0 Å². The number of nitrogens with zero attached hydrogens (tertiary/aromatic N) is 2. The van der Waals surface area contributed by atoms with Crippen LogP contribution in [-0.4, -0.2) is 22.8 Å². The molecule has 0 saturated carbocycles. The first-order valence-electron chi connectivity index (χ1n) is 4.43. The van der Waals surface area contributed by atoms with Gasteiger partial charge in [-0.2, -0.15) is 8.78 Å². The van der Waals surface area contributed by atoms with Crippen LogP contribution in [0.5, 0.6) is 0 Å². The predicted molar refractivity (Wildman–Crippen MR) is 46.1 cm³/mol. The predicted octanol–water partition coefficient (Wildman–Crippen LogP) is 1.55. The second-order valence-corrected chi connectivity index (χ2v) is 3.19. The molecule has 0 aromatic carbocycles. The first-order valence-corrected chi connectivity index (χ1v) is 4.43. The number of hydrogen-bond donors (Lipinski definition) is 1. The third-order valence-electron chi connectivity index (χ3n) is 1.56. The zero-order valence-corrected chi connectivity index (χ0v) is 8.13. The van der Waals surface area contributed by atoms with Crippen molar-refractivity contribution in [3.05, 3.63) is 11.8 Å². The number of alkyl halides is 2. The molecule has 80 valence electrons. The van der Waals surface area contributed by atoms with Gasteiger partial charge in [-0.1, -0.05) is 13.8 Å². The molecule has 0 aliphatic heterocycles. The lowest BCUT2D eigenvalue weighted by Crippen LogP contribution is -2.25. The smallest absolute Gasteiger partial charge is 0.314 e. The van der Waals surface area contributed by atoms with Gasteiger partial charge in [0.15, 0.2) is 0 Å². The summed E-state index contributed by atoms with van der Waals surface area (Å²) >= 11 is 0. The van der Waals surface area contributed by atoms with Gasteiger partial charge in [0.05, 0.1) is 0 Å². The summed E-state index contributed by atoms with van der Waals surface area (Å²) < 4.78 is 28.8. The molecule has 4 nitrogen and oxygen atoms in total. The average molecular weight is 205 g/mol. The fourth-order valence-corrected chi connectivity index (χ4v) is 0.924. The lowest BCUT2D eigenvalue weighted by atomic mass is 10.3. The highest BCUT2D eigenvalue weighted by atomic mass is 19.3. The first kappa shape index (κ1) is 11.0. The minimum Gasteiger partial charge on any atom is -0.420 e. The highest BCUT2D eigenvalue weighted by Crippen LogP contribution is 2.16. The van der Waals surface area contributed by atoms with E-state index in [0.717, 1.165) is 0 Å². The molecule has 1 aromatic heterocycles. The van der Waals surface area contributed by atoms with Gasteiger partial charge in [0, 0.05) is 19.0 Å². The van der Waals surface area contributed by atoms with E-state index in [-0.39, 0.29) is 5.89 Å². The van der Waals surface area contributed by atoms with E-state index >= 15 is 0 Å². The molecule has 0 radical (unpaired) electrons. The summed E-state index contributed by atoms with van der Waals surface area (Å²) in [6.45, 7) is 4.64. The summed E-state index contributed by atoms with van der Waals surface area (Å²) in [5, 5.41) is 9.83. The minimum atomic E-state index is -2.69. The highest BCUT2D eigenvalue weighted by Gasteiger charge is 2.15. The van der Waals surface area contributed by atoms with Crippen LogP contribution in [0.25, 0.3) is 0 Å². The van der Waals surface area contributed by atoms with Crippen LogP contribution in [0.2, 0.25) is 0 Å². The molecular formula is C8H13F2N3O. The molecule has 14 heavy (non-hydrogen) atoms. The molecule has 1 heterocycles. The fourth-order valence-electron chi connectivity index (χ4n) is 0.924. The Bertz CT molecular complexity index is 275. The van der Waals surface area contributed by atoms with Crippen molar-refractivity contribution in [2.24, 2.45) is 0 Å². The Morgan fingerprint density at radius 3 is 2.57 bits per heavy atom. The van der Waals surface area contributed by atoms with Crippen LogP contribution in [0.1, 0.15) is 32.1 Å². The summed E-state index contributed by atoms with van der Waals surface area (Å²) in [7, 11) is 0. The molecule has 0 fully saturated rings. The van der Waals surface area contributed by atoms with Gasteiger partial charge in [-0.15, -0.1) is 10.2 Å². The van der Waals surface area contributed by atoms with Gasteiger partial charge in [0.1, 0.15) is 0 Å². The molecule has 0 atom stereocenters. The molecule has 0 amide bonds. The quantitative estimate of drug-likeness (QED) is 0.792. The number of nitrogens with one attached hydrogen (secondary N) is 1. The number of hydrogen-bond acceptors (Lipinski definition) is 4. The highest BCUT2D eigenvalue weighted by molar-refractivity contribution is 4.83. The number of rotatable bonds is 5. The Hall–Kier alpha value is -1.04. The second kappa shape index (κ2) is 4.99. The zero-order chi connectivity index (χ0) is 10.6. The summed E-state index contributed by atoms with van der Waals surface area (Å²) in [5.41, 5.74) is 0. The van der Waals surface area contributed by atoms with Gasteiger partial charge in [0.2, 0.25) is 5.89 Å². The molecule has 0 saturated heterocycles. The van der Waals surface area contributed by atoms with E-state index in [2.05, 4.69) is 15.5 Å². The van der Waals surface area contributed by atoms with Crippen LogP contribution in [-0.2, 0) is 6.42 Å². The van der Waals surface area contributed by atoms with Crippen molar-refractivity contribution in [3.63, 3.8) is 0 Å². The van der Waals surface area contributed by atoms with Gasteiger partial charge >= 0.3 is 6.43 Å². The first-order chi connectivity index (χ1) is 6.59. The van der Waals surface area contributed by atoms with E-state index in [1.807, 2.05) is 13.8 Å². The Morgan fingerprint density at radius 2 is 2.07 bits per heavy atom. The molecule has 0 spiro atoms. The Kier molecular flexibility index (Phi) is 3.94. The summed E-state index contributed by atoms with van der Waals surface area (Å²) in [5.74, 6) is -0.363. The van der Waals surface area contributed by atoms with Crippen molar-refractivity contribution < 1.29 is 13.2 Å². The number of aromatic nitrogens is 2. The van der Waals surface area contributed by atoms with Gasteiger partial charge in [-0.05, 0) is 0 Å². The SMILES string of the molecule is CC(C)NCCc1nnc(C(F)F)o1. The van der Waals surface area contributed by atoms with Crippen LogP contribution in [0.4, 0.5) is 8.78 Å². The third kappa shape index (κ3) is 3.37. The van der Waals surface area contributed by atoms with Crippen molar-refractivity contribution in [2.75, 3.05) is 6.54 Å². The minimum absolute atomic E-state index is 0.244. The van der Waals surface area contributed by atoms with Crippen molar-refractivity contribution in [2.45, 2.75) is 32.7 Å². The molecule has 1 N–H and O–H groups in total. The second-order valence-electron chi connectivity index (χ2n) is 3.19. The van der Waals surface area contributed by atoms with E-state index in [1.54, 1.807) is 0 Å². The van der Waals surface area contributed by atoms with E-state index in [4.69, 9.17) is 4.42 Å². The van der Waals surface area contributed by atoms with E-state index in [0.29, 0.717) is 19.0 Å². The molecule has 1 aromatic rings. The fraction of sp³-hybridized carbons (Fsp3) is 0.750. The van der Waals surface area contributed by atoms with E-state index in [1.165, 1.54) is 0 Å². The van der Waals surface area contributed by atoms with Crippen LogP contribution >= 0.6 is 0 Å². The largest absolute Gasteiger partial charge is 0.420 e. The molecule has 6 heteroatoms. The molecule has 0 unspecified atom stereocenters. The lowest BCUT2D eigenvalue weighted by molar-refractivity contribution is 0.113. The van der Waals surface area contributed by atoms with Crippen molar-refractivity contribution in [1.29, 1.82) is 0 Å². The summed E-state index contributed by atoms with van der Waals surface area (Å²) in [4.78, 5) is 0. The summed E-state index contributed by atoms with van der Waals surface area (Å²) in [6.07, 6.45) is -2.22. The van der Waals surface area contributed by atoms with E-state index < -0.39 is 12.3 Å². The van der Waals surface area contributed by atoms with Crippen LogP contribution in [0.3, 0.4) is 0 Å². The van der Waals surface area contributed by atoms with Crippen molar-refractivity contribution >= 4 is 0 Å². The average Bonchev–Trinajstić information content (AvgIpc) is 2.52. The molecular weight excluding hydrogens is 192 g/mol. The maximum atomic E-state index is 12.0. The van der Waals surface area contributed by atoms with Gasteiger partial charge in [-0.25, -0.2) is 0 Å². The van der Waals surface area contributed by atoms with Crippen LogP contribution in [0, 0.1) is 0 Å². The maximum Gasteiger partial charge on any atom is 0.314 e. The summed E-state index contributed by atoms with van der Waals surface area (Å²) in [6, 6.07) is 0.354. The number of halogens is 2. The molecule has 0 aliphatic carbocycles. The zero-order valence-electron chi connectivity index (χ0n) is 8.13. The Balaban J connectivity index is 2.36. The standard InChI is InChI=1S/C8H13F2N3O/c1-5(2)11-4-3-6-12-13-8(14-6)7(9)10/h5,7,11H,3-4H2,1-2H3. The maximum absolute atomic E-state index is 12.0. The van der Waals surface area contributed by atoms with Gasteiger partial charge < -0.3 is 9.73 Å². The van der Waals surface area contributed by atoms with Crippen LogP contribution < -0.4 is 5.32 Å². The molecule has 0 aliphatic rings. The Labute approximate surface area is 80.7 Å².